The van der Waals surface area contributed by atoms with Crippen molar-refractivity contribution >= 4 is 0 Å². The SMILES string of the molecule is CCCNC(c1cc(F)ccc1OC)C(C)(CC)OC. The molecule has 0 saturated heterocycles. The van der Waals surface area contributed by atoms with E-state index in [4.69, 9.17) is 9.47 Å². The van der Waals surface area contributed by atoms with E-state index in [1.54, 1.807) is 20.3 Å². The Balaban J connectivity index is 3.25. The van der Waals surface area contributed by atoms with Crippen molar-refractivity contribution in [3.63, 3.8) is 0 Å². The van der Waals surface area contributed by atoms with E-state index in [2.05, 4.69) is 19.2 Å². The zero-order valence-corrected chi connectivity index (χ0v) is 13.1. The third kappa shape index (κ3) is 3.70. The second kappa shape index (κ2) is 7.60. The molecule has 0 aliphatic heterocycles. The summed E-state index contributed by atoms with van der Waals surface area (Å²) in [5.74, 6) is 0.412. The van der Waals surface area contributed by atoms with Gasteiger partial charge in [-0.05, 0) is 44.5 Å². The Morgan fingerprint density at radius 1 is 1.30 bits per heavy atom. The fourth-order valence-electron chi connectivity index (χ4n) is 2.34. The van der Waals surface area contributed by atoms with E-state index in [0.717, 1.165) is 24.9 Å². The van der Waals surface area contributed by atoms with Gasteiger partial charge in [-0.2, -0.15) is 0 Å². The molecular formula is C16H26FNO2. The van der Waals surface area contributed by atoms with Crippen LogP contribution in [0.2, 0.25) is 0 Å². The number of hydrogen-bond acceptors (Lipinski definition) is 3. The van der Waals surface area contributed by atoms with Crippen LogP contribution in [0.5, 0.6) is 5.75 Å². The monoisotopic (exact) mass is 283 g/mol. The number of ether oxygens (including phenoxy) is 2. The Kier molecular flexibility index (Phi) is 6.43. The van der Waals surface area contributed by atoms with Gasteiger partial charge in [-0.15, -0.1) is 0 Å². The lowest BCUT2D eigenvalue weighted by molar-refractivity contribution is -0.0305. The molecule has 0 bridgehead atoms. The van der Waals surface area contributed by atoms with Crippen LogP contribution in [0.3, 0.4) is 0 Å². The summed E-state index contributed by atoms with van der Waals surface area (Å²) in [5, 5.41) is 3.46. The van der Waals surface area contributed by atoms with Gasteiger partial charge in [-0.3, -0.25) is 0 Å². The Morgan fingerprint density at radius 2 is 2.00 bits per heavy atom. The highest BCUT2D eigenvalue weighted by Crippen LogP contribution is 2.36. The minimum Gasteiger partial charge on any atom is -0.496 e. The van der Waals surface area contributed by atoms with Gasteiger partial charge in [0, 0.05) is 12.7 Å². The summed E-state index contributed by atoms with van der Waals surface area (Å²) in [4.78, 5) is 0. The number of benzene rings is 1. The first-order chi connectivity index (χ1) is 9.52. The normalized spacial score (nSPS) is 15.7. The average molecular weight is 283 g/mol. The van der Waals surface area contributed by atoms with Gasteiger partial charge in [0.05, 0.1) is 18.8 Å². The van der Waals surface area contributed by atoms with Crippen molar-refractivity contribution in [2.45, 2.75) is 45.3 Å². The van der Waals surface area contributed by atoms with Crippen molar-refractivity contribution in [1.82, 2.24) is 5.32 Å². The first-order valence-electron chi connectivity index (χ1n) is 7.14. The van der Waals surface area contributed by atoms with Gasteiger partial charge in [0.25, 0.3) is 0 Å². The number of rotatable bonds is 8. The number of nitrogens with one attached hydrogen (secondary N) is 1. The second-order valence-electron chi connectivity index (χ2n) is 5.14. The molecule has 2 unspecified atom stereocenters. The summed E-state index contributed by atoms with van der Waals surface area (Å²) < 4.78 is 24.7. The fourth-order valence-corrected chi connectivity index (χ4v) is 2.34. The molecule has 0 spiro atoms. The standard InChI is InChI=1S/C16H26FNO2/c1-6-10-18-15(16(3,7-2)20-5)13-11-12(17)8-9-14(13)19-4/h8-9,11,15,18H,6-7,10H2,1-5H3. The van der Waals surface area contributed by atoms with E-state index in [1.807, 2.05) is 6.92 Å². The van der Waals surface area contributed by atoms with Crippen LogP contribution in [-0.2, 0) is 4.74 Å². The molecule has 0 aliphatic carbocycles. The minimum atomic E-state index is -0.420. The van der Waals surface area contributed by atoms with E-state index >= 15 is 0 Å². The maximum atomic E-state index is 13.6. The molecule has 2 atom stereocenters. The van der Waals surface area contributed by atoms with Crippen LogP contribution in [-0.4, -0.2) is 26.4 Å². The molecule has 1 N–H and O–H groups in total. The molecule has 1 aromatic rings. The van der Waals surface area contributed by atoms with Crippen molar-refractivity contribution in [3.05, 3.63) is 29.6 Å². The van der Waals surface area contributed by atoms with Gasteiger partial charge in [0.15, 0.2) is 0 Å². The largest absolute Gasteiger partial charge is 0.496 e. The predicted octanol–water partition coefficient (Wildman–Crippen LogP) is 3.69. The van der Waals surface area contributed by atoms with Crippen LogP contribution in [0.4, 0.5) is 4.39 Å². The summed E-state index contributed by atoms with van der Waals surface area (Å²) in [6.45, 7) is 7.03. The van der Waals surface area contributed by atoms with Crippen LogP contribution in [0.25, 0.3) is 0 Å². The lowest BCUT2D eigenvalue weighted by Gasteiger charge is -2.37. The number of hydrogen-bond donors (Lipinski definition) is 1. The molecule has 0 aromatic heterocycles. The van der Waals surface area contributed by atoms with E-state index < -0.39 is 5.60 Å². The second-order valence-corrected chi connectivity index (χ2v) is 5.14. The number of halogens is 1. The van der Waals surface area contributed by atoms with E-state index in [1.165, 1.54) is 12.1 Å². The van der Waals surface area contributed by atoms with Crippen LogP contribution in [0, 0.1) is 5.82 Å². The fraction of sp³-hybridized carbons (Fsp3) is 0.625. The molecule has 0 amide bonds. The van der Waals surface area contributed by atoms with Crippen LogP contribution in [0.1, 0.15) is 45.2 Å². The Bertz CT molecular complexity index is 419. The zero-order valence-electron chi connectivity index (χ0n) is 13.1. The molecule has 0 fully saturated rings. The highest BCUT2D eigenvalue weighted by atomic mass is 19.1. The first kappa shape index (κ1) is 16.9. The summed E-state index contributed by atoms with van der Waals surface area (Å²) in [6, 6.07) is 4.48. The van der Waals surface area contributed by atoms with Crippen LogP contribution >= 0.6 is 0 Å². The maximum Gasteiger partial charge on any atom is 0.123 e. The molecule has 0 aliphatic rings. The van der Waals surface area contributed by atoms with E-state index in [0.29, 0.717) is 5.75 Å². The molecule has 0 heterocycles. The predicted molar refractivity (Wildman–Crippen MR) is 79.7 cm³/mol. The van der Waals surface area contributed by atoms with Gasteiger partial charge >= 0.3 is 0 Å². The lowest BCUT2D eigenvalue weighted by Crippen LogP contribution is -2.43. The van der Waals surface area contributed by atoms with E-state index in [-0.39, 0.29) is 11.9 Å². The highest BCUT2D eigenvalue weighted by molar-refractivity contribution is 5.38. The van der Waals surface area contributed by atoms with Crippen molar-refractivity contribution in [2.24, 2.45) is 0 Å². The quantitative estimate of drug-likeness (QED) is 0.789. The van der Waals surface area contributed by atoms with Crippen molar-refractivity contribution in [3.8, 4) is 5.75 Å². The van der Waals surface area contributed by atoms with Gasteiger partial charge in [-0.25, -0.2) is 4.39 Å². The molecule has 114 valence electrons. The summed E-state index contributed by atoms with van der Waals surface area (Å²) in [7, 11) is 3.29. The van der Waals surface area contributed by atoms with Crippen molar-refractivity contribution < 1.29 is 13.9 Å². The average Bonchev–Trinajstić information content (AvgIpc) is 2.47. The van der Waals surface area contributed by atoms with Crippen molar-refractivity contribution in [2.75, 3.05) is 20.8 Å². The molecule has 1 rings (SSSR count). The molecule has 20 heavy (non-hydrogen) atoms. The summed E-state index contributed by atoms with van der Waals surface area (Å²) >= 11 is 0. The molecule has 3 nitrogen and oxygen atoms in total. The van der Waals surface area contributed by atoms with Gasteiger partial charge < -0.3 is 14.8 Å². The topological polar surface area (TPSA) is 30.5 Å². The van der Waals surface area contributed by atoms with Crippen LogP contribution < -0.4 is 10.1 Å². The van der Waals surface area contributed by atoms with Gasteiger partial charge in [0.1, 0.15) is 11.6 Å². The lowest BCUT2D eigenvalue weighted by atomic mass is 9.87. The zero-order chi connectivity index (χ0) is 15.2. The Hall–Kier alpha value is -1.13. The Labute approximate surface area is 121 Å². The molecular weight excluding hydrogens is 257 g/mol. The van der Waals surface area contributed by atoms with Gasteiger partial charge in [0.2, 0.25) is 0 Å². The van der Waals surface area contributed by atoms with E-state index in [9.17, 15) is 4.39 Å². The highest BCUT2D eigenvalue weighted by Gasteiger charge is 2.35. The van der Waals surface area contributed by atoms with Crippen molar-refractivity contribution in [1.29, 1.82) is 0 Å². The molecule has 4 heteroatoms. The molecule has 0 radical (unpaired) electrons. The first-order valence-corrected chi connectivity index (χ1v) is 7.14. The summed E-state index contributed by atoms with van der Waals surface area (Å²) in [5.41, 5.74) is 0.378. The summed E-state index contributed by atoms with van der Waals surface area (Å²) in [6.07, 6.45) is 1.81. The Morgan fingerprint density at radius 3 is 2.50 bits per heavy atom. The third-order valence-corrected chi connectivity index (χ3v) is 3.88. The molecule has 0 saturated carbocycles. The van der Waals surface area contributed by atoms with Gasteiger partial charge in [-0.1, -0.05) is 13.8 Å². The maximum absolute atomic E-state index is 13.6. The third-order valence-electron chi connectivity index (χ3n) is 3.88. The minimum absolute atomic E-state index is 0.122. The smallest absolute Gasteiger partial charge is 0.123 e. The molecule has 1 aromatic carbocycles. The number of methoxy groups -OCH3 is 2. The van der Waals surface area contributed by atoms with Crippen LogP contribution in [0.15, 0.2) is 18.2 Å².